The first-order valence-electron chi connectivity index (χ1n) is 6.83. The van der Waals surface area contributed by atoms with Crippen molar-refractivity contribution >= 4 is 15.9 Å². The standard InChI is InChI=1S/C18H13BrO/c1-10-2-6-14-11(8-10)3-4-12-9-13(19)5-7-15(12)17-16(14)18(17)20/h2,5-9H,3-4H2,1H3. The summed E-state index contributed by atoms with van der Waals surface area (Å²) in [7, 11) is 0. The van der Waals surface area contributed by atoms with Crippen LogP contribution in [0, 0.1) is 6.92 Å². The van der Waals surface area contributed by atoms with Gasteiger partial charge in [-0.1, -0.05) is 45.8 Å². The van der Waals surface area contributed by atoms with Crippen LogP contribution in [0.3, 0.4) is 0 Å². The van der Waals surface area contributed by atoms with E-state index in [9.17, 15) is 4.79 Å². The summed E-state index contributed by atoms with van der Waals surface area (Å²) in [4.78, 5) is 12.2. The molecule has 0 saturated carbocycles. The summed E-state index contributed by atoms with van der Waals surface area (Å²) in [6, 6.07) is 12.7. The number of halogens is 1. The Morgan fingerprint density at radius 2 is 1.50 bits per heavy atom. The van der Waals surface area contributed by atoms with Gasteiger partial charge in [0.05, 0.1) is 0 Å². The van der Waals surface area contributed by atoms with Crippen LogP contribution in [-0.4, -0.2) is 0 Å². The smallest absolute Gasteiger partial charge is 0.195 e. The second-order valence-corrected chi connectivity index (χ2v) is 6.46. The molecular formula is C18H13BrO. The van der Waals surface area contributed by atoms with Crippen molar-refractivity contribution in [1.82, 2.24) is 0 Å². The van der Waals surface area contributed by atoms with E-state index in [1.807, 2.05) is 6.07 Å². The molecule has 0 N–H and O–H groups in total. The SMILES string of the molecule is Cc1ccc2c(c1)CCc1cc(Br)ccc1-c1c-2c1=O. The summed E-state index contributed by atoms with van der Waals surface area (Å²) < 4.78 is 1.08. The fourth-order valence-corrected chi connectivity index (χ4v) is 3.55. The summed E-state index contributed by atoms with van der Waals surface area (Å²) in [5.74, 6) is 0. The second kappa shape index (κ2) is 4.16. The second-order valence-electron chi connectivity index (χ2n) is 5.54. The van der Waals surface area contributed by atoms with Gasteiger partial charge >= 0.3 is 0 Å². The summed E-state index contributed by atoms with van der Waals surface area (Å²) in [6.07, 6.45) is 1.97. The van der Waals surface area contributed by atoms with E-state index in [2.05, 4.69) is 53.2 Å². The van der Waals surface area contributed by atoms with Crippen LogP contribution in [0.5, 0.6) is 0 Å². The highest BCUT2D eigenvalue weighted by molar-refractivity contribution is 9.10. The highest BCUT2D eigenvalue weighted by atomic mass is 79.9. The van der Waals surface area contributed by atoms with Gasteiger partial charge in [0.15, 0.2) is 5.43 Å². The third-order valence-electron chi connectivity index (χ3n) is 4.17. The number of benzene rings is 2. The van der Waals surface area contributed by atoms with Gasteiger partial charge in [-0.3, -0.25) is 4.79 Å². The molecule has 0 aliphatic heterocycles. The van der Waals surface area contributed by atoms with E-state index in [0.29, 0.717) is 0 Å². The lowest BCUT2D eigenvalue weighted by Crippen LogP contribution is -1.98. The first kappa shape index (κ1) is 12.1. The lowest BCUT2D eigenvalue weighted by Gasteiger charge is -2.13. The normalized spacial score (nSPS) is 13.3. The minimum Gasteiger partial charge on any atom is -0.289 e. The van der Waals surface area contributed by atoms with Crippen molar-refractivity contribution in [2.45, 2.75) is 19.8 Å². The molecule has 0 amide bonds. The molecule has 0 fully saturated rings. The van der Waals surface area contributed by atoms with Gasteiger partial charge in [0.2, 0.25) is 0 Å². The Bertz CT molecular complexity index is 782. The number of hydrogen-bond acceptors (Lipinski definition) is 1. The summed E-state index contributed by atoms with van der Waals surface area (Å²) >= 11 is 3.53. The van der Waals surface area contributed by atoms with E-state index in [1.54, 1.807) is 0 Å². The average molecular weight is 325 g/mol. The number of aryl methyl sites for hydroxylation is 3. The molecule has 0 radical (unpaired) electrons. The van der Waals surface area contributed by atoms with Crippen LogP contribution >= 0.6 is 15.9 Å². The highest BCUT2D eigenvalue weighted by Crippen LogP contribution is 2.41. The zero-order valence-corrected chi connectivity index (χ0v) is 12.8. The minimum absolute atomic E-state index is 0.223. The largest absolute Gasteiger partial charge is 0.289 e. The first-order valence-corrected chi connectivity index (χ1v) is 7.62. The molecule has 3 aromatic carbocycles. The third-order valence-corrected chi connectivity index (χ3v) is 4.67. The molecule has 1 aliphatic carbocycles. The van der Waals surface area contributed by atoms with Gasteiger partial charge in [0.1, 0.15) is 0 Å². The van der Waals surface area contributed by atoms with Crippen molar-refractivity contribution in [2.75, 3.05) is 0 Å². The van der Waals surface area contributed by atoms with Crippen LogP contribution in [0.25, 0.3) is 22.3 Å². The van der Waals surface area contributed by atoms with Crippen LogP contribution in [0.15, 0.2) is 45.7 Å². The van der Waals surface area contributed by atoms with Gasteiger partial charge in [-0.2, -0.15) is 0 Å². The molecule has 4 rings (SSSR count). The van der Waals surface area contributed by atoms with Crippen molar-refractivity contribution in [3.05, 3.63) is 67.8 Å². The maximum absolute atomic E-state index is 12.2. The maximum Gasteiger partial charge on any atom is 0.195 e. The molecule has 98 valence electrons. The Labute approximate surface area is 126 Å². The summed E-state index contributed by atoms with van der Waals surface area (Å²) in [5.41, 5.74) is 8.18. The summed E-state index contributed by atoms with van der Waals surface area (Å²) in [5, 5.41) is 0. The lowest BCUT2D eigenvalue weighted by molar-refractivity contribution is 0.960. The van der Waals surface area contributed by atoms with Crippen LogP contribution in [0.2, 0.25) is 0 Å². The van der Waals surface area contributed by atoms with E-state index < -0.39 is 0 Å². The number of hydrogen-bond donors (Lipinski definition) is 0. The highest BCUT2D eigenvalue weighted by Gasteiger charge is 2.30. The first-order chi connectivity index (χ1) is 9.65. The van der Waals surface area contributed by atoms with Crippen LogP contribution in [0.1, 0.15) is 16.7 Å². The van der Waals surface area contributed by atoms with Crippen molar-refractivity contribution < 1.29 is 0 Å². The molecule has 2 heteroatoms. The number of rotatable bonds is 0. The van der Waals surface area contributed by atoms with E-state index in [-0.39, 0.29) is 5.43 Å². The molecule has 0 unspecified atom stereocenters. The maximum atomic E-state index is 12.2. The third kappa shape index (κ3) is 1.71. The molecule has 0 atom stereocenters. The van der Waals surface area contributed by atoms with Crippen molar-refractivity contribution in [3.63, 3.8) is 0 Å². The predicted molar refractivity (Wildman–Crippen MR) is 85.8 cm³/mol. The molecule has 1 nitrogen and oxygen atoms in total. The topological polar surface area (TPSA) is 17.1 Å². The Morgan fingerprint density at radius 3 is 2.20 bits per heavy atom. The van der Waals surface area contributed by atoms with Gasteiger partial charge < -0.3 is 0 Å². The molecule has 0 heterocycles. The predicted octanol–water partition coefficient (Wildman–Crippen LogP) is 4.43. The van der Waals surface area contributed by atoms with Gasteiger partial charge in [-0.15, -0.1) is 0 Å². The molecule has 0 spiro atoms. The fraction of sp³-hybridized carbons (Fsp3) is 0.167. The zero-order valence-electron chi connectivity index (χ0n) is 11.2. The minimum atomic E-state index is 0.223. The fourth-order valence-electron chi connectivity index (χ4n) is 3.14. The van der Waals surface area contributed by atoms with E-state index >= 15 is 0 Å². The molecule has 0 bridgehead atoms. The Morgan fingerprint density at radius 1 is 0.900 bits per heavy atom. The monoisotopic (exact) mass is 324 g/mol. The number of fused-ring (bicyclic) bond motifs is 5. The molecule has 3 aromatic rings. The molecule has 0 aromatic heterocycles. The van der Waals surface area contributed by atoms with Gasteiger partial charge in [-0.25, -0.2) is 0 Å². The van der Waals surface area contributed by atoms with Gasteiger partial charge in [0.25, 0.3) is 0 Å². The Hall–Kier alpha value is -1.67. The quantitative estimate of drug-likeness (QED) is 0.598. The molecule has 1 aliphatic rings. The van der Waals surface area contributed by atoms with E-state index in [0.717, 1.165) is 39.6 Å². The molecule has 0 saturated heterocycles. The van der Waals surface area contributed by atoms with Gasteiger partial charge in [-0.05, 0) is 54.2 Å². The summed E-state index contributed by atoms with van der Waals surface area (Å²) in [6.45, 7) is 2.10. The lowest BCUT2D eigenvalue weighted by atomic mass is 9.91. The van der Waals surface area contributed by atoms with Crippen molar-refractivity contribution in [2.24, 2.45) is 0 Å². The van der Waals surface area contributed by atoms with E-state index in [4.69, 9.17) is 0 Å². The average Bonchev–Trinajstić information content (AvgIpc) is 3.05. The van der Waals surface area contributed by atoms with Crippen LogP contribution in [0.4, 0.5) is 0 Å². The van der Waals surface area contributed by atoms with Crippen molar-refractivity contribution in [1.29, 1.82) is 0 Å². The zero-order chi connectivity index (χ0) is 13.9. The van der Waals surface area contributed by atoms with Gasteiger partial charge in [0, 0.05) is 15.6 Å². The Balaban J connectivity index is 1.97. The van der Waals surface area contributed by atoms with Crippen molar-refractivity contribution in [3.8, 4) is 22.3 Å². The van der Waals surface area contributed by atoms with Crippen LogP contribution < -0.4 is 5.43 Å². The molecule has 20 heavy (non-hydrogen) atoms. The van der Waals surface area contributed by atoms with Crippen LogP contribution in [-0.2, 0) is 12.8 Å². The Kier molecular flexibility index (Phi) is 2.52. The molecular weight excluding hydrogens is 312 g/mol. The van der Waals surface area contributed by atoms with E-state index in [1.165, 1.54) is 16.7 Å².